The van der Waals surface area contributed by atoms with Crippen molar-refractivity contribution in [1.82, 2.24) is 10.2 Å². The third-order valence-electron chi connectivity index (χ3n) is 3.51. The van der Waals surface area contributed by atoms with Gasteiger partial charge in [0.1, 0.15) is 5.82 Å². The minimum atomic E-state index is -0.350. The van der Waals surface area contributed by atoms with E-state index >= 15 is 0 Å². The Morgan fingerprint density at radius 3 is 2.48 bits per heavy atom. The third-order valence-corrected chi connectivity index (χ3v) is 3.51. The molecule has 0 saturated heterocycles. The van der Waals surface area contributed by atoms with Gasteiger partial charge in [0.25, 0.3) is 5.91 Å². The van der Waals surface area contributed by atoms with E-state index < -0.39 is 0 Å². The molecular formula is C17H14FN3O2. The average molecular weight is 311 g/mol. The normalized spacial score (nSPS) is 10.6. The number of aryl methyl sites for hydroxylation is 2. The van der Waals surface area contributed by atoms with E-state index in [4.69, 9.17) is 4.42 Å². The van der Waals surface area contributed by atoms with Crippen LogP contribution in [0.15, 0.2) is 46.9 Å². The van der Waals surface area contributed by atoms with Crippen LogP contribution in [0.1, 0.15) is 21.5 Å². The summed E-state index contributed by atoms with van der Waals surface area (Å²) in [4.78, 5) is 12.2. The van der Waals surface area contributed by atoms with Gasteiger partial charge in [-0.2, -0.15) is 0 Å². The zero-order valence-electron chi connectivity index (χ0n) is 12.6. The highest BCUT2D eigenvalue weighted by Crippen LogP contribution is 2.20. The van der Waals surface area contributed by atoms with Crippen molar-refractivity contribution in [3.8, 4) is 11.5 Å². The van der Waals surface area contributed by atoms with Crippen LogP contribution in [-0.4, -0.2) is 16.1 Å². The van der Waals surface area contributed by atoms with Gasteiger partial charge in [0, 0.05) is 11.1 Å². The van der Waals surface area contributed by atoms with Crippen molar-refractivity contribution in [3.63, 3.8) is 0 Å². The molecule has 1 amide bonds. The maximum absolute atomic E-state index is 12.9. The lowest BCUT2D eigenvalue weighted by Crippen LogP contribution is -2.12. The van der Waals surface area contributed by atoms with Crippen LogP contribution in [0.4, 0.5) is 10.4 Å². The van der Waals surface area contributed by atoms with Crippen LogP contribution >= 0.6 is 0 Å². The number of anilines is 1. The Morgan fingerprint density at radius 2 is 1.78 bits per heavy atom. The van der Waals surface area contributed by atoms with Crippen molar-refractivity contribution < 1.29 is 13.6 Å². The second-order valence-corrected chi connectivity index (χ2v) is 5.17. The van der Waals surface area contributed by atoms with Gasteiger partial charge in [-0.3, -0.25) is 10.1 Å². The SMILES string of the molecule is Cc1ccc(C(=O)Nc2nnc(-c3ccc(F)cc3)o2)cc1C. The molecular weight excluding hydrogens is 297 g/mol. The number of carbonyl (C=O) groups is 1. The van der Waals surface area contributed by atoms with E-state index in [0.717, 1.165) is 11.1 Å². The van der Waals surface area contributed by atoms with Crippen LogP contribution in [0.3, 0.4) is 0 Å². The predicted molar refractivity (Wildman–Crippen MR) is 83.6 cm³/mol. The molecule has 0 aliphatic carbocycles. The van der Waals surface area contributed by atoms with Crippen molar-refractivity contribution >= 4 is 11.9 Å². The van der Waals surface area contributed by atoms with Crippen LogP contribution in [-0.2, 0) is 0 Å². The lowest BCUT2D eigenvalue weighted by molar-refractivity contribution is 0.102. The van der Waals surface area contributed by atoms with E-state index in [1.807, 2.05) is 19.9 Å². The first kappa shape index (κ1) is 14.9. The van der Waals surface area contributed by atoms with Crippen molar-refractivity contribution in [2.24, 2.45) is 0 Å². The Kier molecular flexibility index (Phi) is 3.89. The molecule has 116 valence electrons. The maximum Gasteiger partial charge on any atom is 0.322 e. The first-order valence-electron chi connectivity index (χ1n) is 7.01. The molecule has 23 heavy (non-hydrogen) atoms. The van der Waals surface area contributed by atoms with Gasteiger partial charge in [0.05, 0.1) is 0 Å². The van der Waals surface area contributed by atoms with Crippen molar-refractivity contribution in [2.75, 3.05) is 5.32 Å². The highest BCUT2D eigenvalue weighted by atomic mass is 19.1. The summed E-state index contributed by atoms with van der Waals surface area (Å²) in [5.74, 6) is -0.473. The van der Waals surface area contributed by atoms with E-state index in [9.17, 15) is 9.18 Å². The van der Waals surface area contributed by atoms with Gasteiger partial charge in [-0.15, -0.1) is 5.10 Å². The molecule has 1 aromatic heterocycles. The fourth-order valence-corrected chi connectivity index (χ4v) is 2.03. The van der Waals surface area contributed by atoms with Crippen molar-refractivity contribution in [3.05, 3.63) is 65.0 Å². The number of rotatable bonds is 3. The topological polar surface area (TPSA) is 68.0 Å². The number of nitrogens with zero attached hydrogens (tertiary/aromatic N) is 2. The lowest BCUT2D eigenvalue weighted by atomic mass is 10.1. The molecule has 0 fully saturated rings. The van der Waals surface area contributed by atoms with Gasteiger partial charge < -0.3 is 4.42 Å². The van der Waals surface area contributed by atoms with E-state index in [1.165, 1.54) is 24.3 Å². The minimum Gasteiger partial charge on any atom is -0.403 e. The summed E-state index contributed by atoms with van der Waals surface area (Å²) in [6, 6.07) is 11.0. The number of halogens is 1. The van der Waals surface area contributed by atoms with Crippen molar-refractivity contribution in [1.29, 1.82) is 0 Å². The number of amides is 1. The number of benzene rings is 2. The number of hydrogen-bond acceptors (Lipinski definition) is 4. The van der Waals surface area contributed by atoms with Gasteiger partial charge in [-0.1, -0.05) is 11.2 Å². The van der Waals surface area contributed by atoms with Crippen LogP contribution in [0, 0.1) is 19.7 Å². The highest BCUT2D eigenvalue weighted by Gasteiger charge is 2.13. The second kappa shape index (κ2) is 6.00. The number of aromatic nitrogens is 2. The van der Waals surface area contributed by atoms with E-state index in [-0.39, 0.29) is 23.6 Å². The molecule has 0 saturated carbocycles. The Bertz CT molecular complexity index is 857. The third kappa shape index (κ3) is 3.26. The second-order valence-electron chi connectivity index (χ2n) is 5.17. The Morgan fingerprint density at radius 1 is 1.04 bits per heavy atom. The molecule has 0 spiro atoms. The number of nitrogens with one attached hydrogen (secondary N) is 1. The molecule has 5 nitrogen and oxygen atoms in total. The Labute approximate surface area is 132 Å². The van der Waals surface area contributed by atoms with Gasteiger partial charge >= 0.3 is 6.01 Å². The molecule has 0 bridgehead atoms. The van der Waals surface area contributed by atoms with Gasteiger partial charge in [0.15, 0.2) is 0 Å². The first-order valence-corrected chi connectivity index (χ1v) is 7.01. The molecule has 1 heterocycles. The molecule has 0 radical (unpaired) electrons. The van der Waals surface area contributed by atoms with E-state index in [0.29, 0.717) is 11.1 Å². The van der Waals surface area contributed by atoms with E-state index in [1.54, 1.807) is 12.1 Å². The van der Waals surface area contributed by atoms with Gasteiger partial charge in [0.2, 0.25) is 5.89 Å². The highest BCUT2D eigenvalue weighted by molar-refractivity contribution is 6.03. The largest absolute Gasteiger partial charge is 0.403 e. The molecule has 6 heteroatoms. The van der Waals surface area contributed by atoms with Gasteiger partial charge in [-0.05, 0) is 61.4 Å². The summed E-state index contributed by atoms with van der Waals surface area (Å²) >= 11 is 0. The summed E-state index contributed by atoms with van der Waals surface area (Å²) < 4.78 is 18.3. The van der Waals surface area contributed by atoms with Crippen molar-refractivity contribution in [2.45, 2.75) is 13.8 Å². The fourth-order valence-electron chi connectivity index (χ4n) is 2.03. The zero-order valence-corrected chi connectivity index (χ0v) is 12.6. The molecule has 0 unspecified atom stereocenters. The van der Waals surface area contributed by atoms with Crippen LogP contribution in [0.5, 0.6) is 0 Å². The summed E-state index contributed by atoms with van der Waals surface area (Å²) in [5.41, 5.74) is 3.22. The molecule has 1 N–H and O–H groups in total. The Hall–Kier alpha value is -3.02. The summed E-state index contributed by atoms with van der Waals surface area (Å²) in [6.07, 6.45) is 0. The zero-order chi connectivity index (χ0) is 16.4. The smallest absolute Gasteiger partial charge is 0.322 e. The van der Waals surface area contributed by atoms with Gasteiger partial charge in [-0.25, -0.2) is 4.39 Å². The quantitative estimate of drug-likeness (QED) is 0.800. The summed E-state index contributed by atoms with van der Waals surface area (Å²) in [5, 5.41) is 10.2. The summed E-state index contributed by atoms with van der Waals surface area (Å²) in [6.45, 7) is 3.91. The molecule has 0 atom stereocenters. The maximum atomic E-state index is 12.9. The number of carbonyl (C=O) groups excluding carboxylic acids is 1. The standard InChI is InChI=1S/C17H14FN3O2/c1-10-3-4-13(9-11(10)2)15(22)19-17-21-20-16(23-17)12-5-7-14(18)8-6-12/h3-9H,1-2H3,(H,19,21,22). The van der Waals surface area contributed by atoms with Crippen LogP contribution in [0.25, 0.3) is 11.5 Å². The van der Waals surface area contributed by atoms with E-state index in [2.05, 4.69) is 15.5 Å². The monoisotopic (exact) mass is 311 g/mol. The molecule has 0 aliphatic rings. The minimum absolute atomic E-state index is 0.00690. The Balaban J connectivity index is 1.77. The summed E-state index contributed by atoms with van der Waals surface area (Å²) in [7, 11) is 0. The van der Waals surface area contributed by atoms with Crippen LogP contribution in [0.2, 0.25) is 0 Å². The predicted octanol–water partition coefficient (Wildman–Crippen LogP) is 3.74. The molecule has 3 aromatic rings. The fraction of sp³-hybridized carbons (Fsp3) is 0.118. The molecule has 0 aliphatic heterocycles. The first-order chi connectivity index (χ1) is 11.0. The molecule has 2 aromatic carbocycles. The lowest BCUT2D eigenvalue weighted by Gasteiger charge is -2.04. The average Bonchev–Trinajstić information content (AvgIpc) is 2.99. The molecule has 3 rings (SSSR count). The number of hydrogen-bond donors (Lipinski definition) is 1. The van der Waals surface area contributed by atoms with Crippen LogP contribution < -0.4 is 5.32 Å².